The Morgan fingerprint density at radius 2 is 1.67 bits per heavy atom. The summed E-state index contributed by atoms with van der Waals surface area (Å²) < 4.78 is 25.9. The van der Waals surface area contributed by atoms with E-state index in [-0.39, 0.29) is 29.1 Å². The van der Waals surface area contributed by atoms with Crippen molar-refractivity contribution in [2.45, 2.75) is 43.4 Å². The van der Waals surface area contributed by atoms with Crippen LogP contribution < -0.4 is 0 Å². The van der Waals surface area contributed by atoms with E-state index in [0.717, 1.165) is 24.0 Å². The summed E-state index contributed by atoms with van der Waals surface area (Å²) in [5.41, 5.74) is 5.12. The molecule has 0 aromatic heterocycles. The molecule has 0 fully saturated rings. The van der Waals surface area contributed by atoms with Gasteiger partial charge in [-0.05, 0) is 78.1 Å². The van der Waals surface area contributed by atoms with Crippen molar-refractivity contribution in [3.8, 4) is 0 Å². The number of sulfone groups is 1. The molecule has 6 heteroatoms. The van der Waals surface area contributed by atoms with Crippen LogP contribution in [0.15, 0.2) is 89.0 Å². The molecule has 2 unspecified atom stereocenters. The van der Waals surface area contributed by atoms with Crippen LogP contribution in [-0.2, 0) is 40.3 Å². The molecule has 0 spiro atoms. The fourth-order valence-corrected chi connectivity index (χ4v) is 7.37. The SMILES string of the molecule is O=C1CC(Cc2cccc3c2CCC(CS(=O)(=O)c2ccc(Cl)cc2)C3)C(O)=C1Cc1ccccc1. The molecule has 0 bridgehead atoms. The second-order valence-electron chi connectivity index (χ2n) is 9.95. The third-order valence-corrected chi connectivity index (χ3v) is 9.62. The molecular weight excluding hydrogens is 492 g/mol. The topological polar surface area (TPSA) is 71.4 Å². The van der Waals surface area contributed by atoms with Gasteiger partial charge < -0.3 is 5.11 Å². The van der Waals surface area contributed by atoms with Gasteiger partial charge in [0.2, 0.25) is 0 Å². The van der Waals surface area contributed by atoms with Gasteiger partial charge in [-0.1, -0.05) is 60.1 Å². The number of fused-ring (bicyclic) bond motifs is 1. The quantitative estimate of drug-likeness (QED) is 0.408. The highest BCUT2D eigenvalue weighted by molar-refractivity contribution is 7.91. The number of hydrogen-bond acceptors (Lipinski definition) is 4. The van der Waals surface area contributed by atoms with Crippen molar-refractivity contribution in [3.05, 3.63) is 111 Å². The normalized spacial score (nSPS) is 20.0. The number of carbonyl (C=O) groups excluding carboxylic acids is 1. The third kappa shape index (κ3) is 5.28. The number of benzene rings is 3. The fourth-order valence-electron chi connectivity index (χ4n) is 5.60. The predicted molar refractivity (Wildman–Crippen MR) is 142 cm³/mol. The molecule has 2 atom stereocenters. The van der Waals surface area contributed by atoms with Crippen LogP contribution in [0.5, 0.6) is 0 Å². The molecule has 0 radical (unpaired) electrons. The highest BCUT2D eigenvalue weighted by Gasteiger charge is 2.33. The number of allylic oxidation sites excluding steroid dienone is 2. The summed E-state index contributed by atoms with van der Waals surface area (Å²) in [6.07, 6.45) is 3.71. The summed E-state index contributed by atoms with van der Waals surface area (Å²) >= 11 is 5.91. The molecule has 3 aromatic carbocycles. The van der Waals surface area contributed by atoms with Gasteiger partial charge in [0.05, 0.1) is 10.6 Å². The fraction of sp³-hybridized carbons (Fsp3) is 0.300. The number of Topliss-reactive ketones (excluding diaryl/α,β-unsaturated/α-hetero) is 1. The van der Waals surface area contributed by atoms with E-state index in [4.69, 9.17) is 11.6 Å². The van der Waals surface area contributed by atoms with E-state index in [2.05, 4.69) is 12.1 Å². The molecule has 0 aliphatic heterocycles. The Morgan fingerprint density at radius 3 is 2.42 bits per heavy atom. The highest BCUT2D eigenvalue weighted by atomic mass is 35.5. The van der Waals surface area contributed by atoms with Crippen molar-refractivity contribution in [1.82, 2.24) is 0 Å². The van der Waals surface area contributed by atoms with Crippen molar-refractivity contribution < 1.29 is 18.3 Å². The van der Waals surface area contributed by atoms with Gasteiger partial charge in [-0.3, -0.25) is 4.79 Å². The van der Waals surface area contributed by atoms with Crippen LogP contribution >= 0.6 is 11.6 Å². The first-order valence-electron chi connectivity index (χ1n) is 12.4. The van der Waals surface area contributed by atoms with Crippen molar-refractivity contribution in [2.24, 2.45) is 11.8 Å². The zero-order chi connectivity index (χ0) is 25.3. The summed E-state index contributed by atoms with van der Waals surface area (Å²) in [6.45, 7) is 0. The molecule has 0 saturated carbocycles. The zero-order valence-corrected chi connectivity index (χ0v) is 21.6. The summed E-state index contributed by atoms with van der Waals surface area (Å²) in [5, 5.41) is 11.4. The van der Waals surface area contributed by atoms with E-state index in [0.29, 0.717) is 41.2 Å². The van der Waals surface area contributed by atoms with Crippen molar-refractivity contribution >= 4 is 27.2 Å². The summed E-state index contributed by atoms with van der Waals surface area (Å²) in [5.74, 6) is 0.211. The highest BCUT2D eigenvalue weighted by Crippen LogP contribution is 2.36. The van der Waals surface area contributed by atoms with Crippen LogP contribution in [0.2, 0.25) is 5.02 Å². The smallest absolute Gasteiger partial charge is 0.178 e. The summed E-state index contributed by atoms with van der Waals surface area (Å²) in [7, 11) is -3.39. The molecule has 1 N–H and O–H groups in total. The van der Waals surface area contributed by atoms with Crippen molar-refractivity contribution in [1.29, 1.82) is 0 Å². The van der Waals surface area contributed by atoms with Crippen molar-refractivity contribution in [3.63, 3.8) is 0 Å². The molecule has 0 heterocycles. The van der Waals surface area contributed by atoms with Crippen LogP contribution in [-0.4, -0.2) is 25.1 Å². The second kappa shape index (κ2) is 10.2. The lowest BCUT2D eigenvalue weighted by atomic mass is 9.80. The van der Waals surface area contributed by atoms with E-state index < -0.39 is 9.84 Å². The number of halogens is 1. The lowest BCUT2D eigenvalue weighted by Gasteiger charge is -2.27. The minimum atomic E-state index is -3.39. The molecular formula is C30H29ClO4S. The minimum Gasteiger partial charge on any atom is -0.512 e. The van der Waals surface area contributed by atoms with Gasteiger partial charge in [-0.25, -0.2) is 8.42 Å². The van der Waals surface area contributed by atoms with E-state index in [1.807, 2.05) is 36.4 Å². The van der Waals surface area contributed by atoms with Gasteiger partial charge in [-0.2, -0.15) is 0 Å². The number of hydrogen-bond donors (Lipinski definition) is 1. The monoisotopic (exact) mass is 520 g/mol. The van der Waals surface area contributed by atoms with E-state index in [1.165, 1.54) is 11.1 Å². The molecule has 3 aromatic rings. The van der Waals surface area contributed by atoms with Gasteiger partial charge in [0.1, 0.15) is 5.76 Å². The first kappa shape index (κ1) is 24.8. The number of ketones is 1. The van der Waals surface area contributed by atoms with Crippen LogP contribution in [0, 0.1) is 11.8 Å². The number of rotatable bonds is 7. The Bertz CT molecular complexity index is 1410. The Balaban J connectivity index is 1.30. The van der Waals surface area contributed by atoms with Gasteiger partial charge in [0.25, 0.3) is 0 Å². The minimum absolute atomic E-state index is 0.0265. The van der Waals surface area contributed by atoms with Crippen LogP contribution in [0.4, 0.5) is 0 Å². The summed E-state index contributed by atoms with van der Waals surface area (Å²) in [6, 6.07) is 22.3. The van der Waals surface area contributed by atoms with Crippen LogP contribution in [0.1, 0.15) is 35.1 Å². The van der Waals surface area contributed by atoms with E-state index in [9.17, 15) is 18.3 Å². The lowest BCUT2D eigenvalue weighted by molar-refractivity contribution is -0.115. The molecule has 36 heavy (non-hydrogen) atoms. The molecule has 0 amide bonds. The lowest BCUT2D eigenvalue weighted by Crippen LogP contribution is -2.24. The Hall–Kier alpha value is -2.89. The second-order valence-corrected chi connectivity index (χ2v) is 12.4. The maximum Gasteiger partial charge on any atom is 0.178 e. The van der Waals surface area contributed by atoms with Gasteiger partial charge >= 0.3 is 0 Å². The predicted octanol–water partition coefficient (Wildman–Crippen LogP) is 6.11. The van der Waals surface area contributed by atoms with Crippen LogP contribution in [0.3, 0.4) is 0 Å². The largest absolute Gasteiger partial charge is 0.512 e. The first-order chi connectivity index (χ1) is 17.3. The molecule has 2 aliphatic carbocycles. The number of aliphatic hydroxyl groups is 1. The summed E-state index contributed by atoms with van der Waals surface area (Å²) in [4.78, 5) is 13.0. The Kier molecular flexibility index (Phi) is 7.05. The van der Waals surface area contributed by atoms with Gasteiger partial charge in [-0.15, -0.1) is 0 Å². The van der Waals surface area contributed by atoms with Gasteiger partial charge in [0.15, 0.2) is 15.6 Å². The Morgan fingerprint density at radius 1 is 0.917 bits per heavy atom. The standard InChI is InChI=1S/C30H29ClO4S/c31-25-10-12-26(13-11-25)36(34,35)19-21-9-14-27-22(15-21)7-4-8-23(27)17-24-18-29(32)28(30(24)33)16-20-5-2-1-3-6-20/h1-8,10-13,21,24,33H,9,14-19H2. The average Bonchev–Trinajstić information content (AvgIpc) is 3.12. The third-order valence-electron chi connectivity index (χ3n) is 7.46. The van der Waals surface area contributed by atoms with Crippen LogP contribution in [0.25, 0.3) is 0 Å². The molecule has 5 rings (SSSR count). The molecule has 0 saturated heterocycles. The first-order valence-corrected chi connectivity index (χ1v) is 14.4. The maximum absolute atomic E-state index is 12.9. The van der Waals surface area contributed by atoms with Gasteiger partial charge in [0, 0.05) is 29.4 Å². The molecule has 2 aliphatic rings. The van der Waals surface area contributed by atoms with Crippen molar-refractivity contribution in [2.75, 3.05) is 5.75 Å². The number of aliphatic hydroxyl groups excluding tert-OH is 1. The molecule has 4 nitrogen and oxygen atoms in total. The van der Waals surface area contributed by atoms with E-state index in [1.54, 1.807) is 24.3 Å². The Labute approximate surface area is 217 Å². The molecule has 186 valence electrons. The number of carbonyl (C=O) groups is 1. The zero-order valence-electron chi connectivity index (χ0n) is 20.0. The maximum atomic E-state index is 12.9. The average molecular weight is 521 g/mol. The van der Waals surface area contributed by atoms with E-state index >= 15 is 0 Å².